The highest BCUT2D eigenvalue weighted by Crippen LogP contribution is 2.45. The van der Waals surface area contributed by atoms with Crippen LogP contribution < -0.4 is 0 Å². The maximum Gasteiger partial charge on any atom is 0.160 e. The van der Waals surface area contributed by atoms with Crippen molar-refractivity contribution < 1.29 is 4.42 Å². The van der Waals surface area contributed by atoms with Crippen molar-refractivity contribution in [3.05, 3.63) is 164 Å². The summed E-state index contributed by atoms with van der Waals surface area (Å²) in [5.74, 6) is 0. The Bertz CT molecular complexity index is 3160. The Morgan fingerprint density at radius 3 is 1.86 bits per heavy atom. The van der Waals surface area contributed by atoms with Gasteiger partial charge in [0, 0.05) is 38.7 Å². The van der Waals surface area contributed by atoms with Crippen LogP contribution in [0.25, 0.3) is 110 Å². The lowest BCUT2D eigenvalue weighted by molar-refractivity contribution is 0.673. The van der Waals surface area contributed by atoms with Gasteiger partial charge in [-0.1, -0.05) is 115 Å². The monoisotopic (exact) mass is 649 g/mol. The molecular formula is C47H27N3O. The molecule has 4 nitrogen and oxygen atoms in total. The number of benzene rings is 7. The summed E-state index contributed by atoms with van der Waals surface area (Å²) in [5, 5.41) is 12.3. The first kappa shape index (κ1) is 28.0. The molecule has 0 saturated carbocycles. The van der Waals surface area contributed by atoms with E-state index >= 15 is 0 Å². The van der Waals surface area contributed by atoms with E-state index in [1.54, 1.807) is 6.20 Å². The molecule has 0 aliphatic carbocycles. The van der Waals surface area contributed by atoms with E-state index in [0.717, 1.165) is 71.5 Å². The van der Waals surface area contributed by atoms with Gasteiger partial charge in [0.05, 0.1) is 17.1 Å². The summed E-state index contributed by atoms with van der Waals surface area (Å²) >= 11 is 0. The first-order valence-corrected chi connectivity index (χ1v) is 17.2. The van der Waals surface area contributed by atoms with E-state index in [2.05, 4.69) is 140 Å². The maximum absolute atomic E-state index is 6.55. The van der Waals surface area contributed by atoms with Crippen LogP contribution in [0.4, 0.5) is 0 Å². The standard InChI is InChI=1S/C47H27N3O/c1-2-12-29-27-30(23-22-28(29)11-1)42-32-14-3-5-16-34(32)43(35-17-6-4-15-33(35)42)39-19-9-20-40(49-39)45-37-25-24-36-31-13-7-8-21-41(31)51-46(36)44(37)38-18-10-26-48-47(38)50-45/h1-27H. The van der Waals surface area contributed by atoms with Crippen LogP contribution in [-0.4, -0.2) is 15.0 Å². The van der Waals surface area contributed by atoms with Gasteiger partial charge in [-0.25, -0.2) is 15.0 Å². The molecule has 236 valence electrons. The molecule has 51 heavy (non-hydrogen) atoms. The molecule has 0 spiro atoms. The van der Waals surface area contributed by atoms with Crippen LogP contribution in [0.2, 0.25) is 0 Å². The minimum atomic E-state index is 0.663. The number of nitrogens with zero attached hydrogens (tertiary/aromatic N) is 3. The quantitative estimate of drug-likeness (QED) is 0.141. The lowest BCUT2D eigenvalue weighted by Gasteiger charge is -2.18. The zero-order valence-electron chi connectivity index (χ0n) is 27.3. The number of hydrogen-bond acceptors (Lipinski definition) is 4. The predicted octanol–water partition coefficient (Wildman–Crippen LogP) is 12.5. The fourth-order valence-electron chi connectivity index (χ4n) is 8.06. The number of rotatable bonds is 3. The van der Waals surface area contributed by atoms with Gasteiger partial charge in [0.25, 0.3) is 0 Å². The Morgan fingerprint density at radius 2 is 1.06 bits per heavy atom. The van der Waals surface area contributed by atoms with Crippen molar-refractivity contribution in [3.63, 3.8) is 0 Å². The summed E-state index contributed by atoms with van der Waals surface area (Å²) < 4.78 is 6.55. The summed E-state index contributed by atoms with van der Waals surface area (Å²) in [5.41, 5.74) is 8.36. The lowest BCUT2D eigenvalue weighted by atomic mass is 9.86. The van der Waals surface area contributed by atoms with Crippen LogP contribution >= 0.6 is 0 Å². The summed E-state index contributed by atoms with van der Waals surface area (Å²) in [7, 11) is 0. The average molecular weight is 650 g/mol. The van der Waals surface area contributed by atoms with Gasteiger partial charge in [0.1, 0.15) is 11.2 Å². The molecule has 11 aromatic rings. The molecule has 0 radical (unpaired) electrons. The van der Waals surface area contributed by atoms with Crippen molar-refractivity contribution in [3.8, 4) is 33.8 Å². The molecule has 0 unspecified atom stereocenters. The number of para-hydroxylation sites is 1. The zero-order chi connectivity index (χ0) is 33.5. The van der Waals surface area contributed by atoms with Crippen molar-refractivity contribution >= 4 is 76.1 Å². The highest BCUT2D eigenvalue weighted by Gasteiger charge is 2.21. The Balaban J connectivity index is 1.18. The van der Waals surface area contributed by atoms with E-state index in [1.807, 2.05) is 18.2 Å². The Labute approximate surface area is 292 Å². The molecule has 0 fully saturated rings. The molecule has 0 amide bonds. The molecule has 4 heteroatoms. The molecule has 4 heterocycles. The minimum absolute atomic E-state index is 0.663. The summed E-state index contributed by atoms with van der Waals surface area (Å²) in [6, 6.07) is 55.6. The van der Waals surface area contributed by atoms with E-state index in [4.69, 9.17) is 19.4 Å². The highest BCUT2D eigenvalue weighted by molar-refractivity contribution is 6.25. The van der Waals surface area contributed by atoms with Crippen LogP contribution in [0.1, 0.15) is 0 Å². The Morgan fingerprint density at radius 1 is 0.412 bits per heavy atom. The van der Waals surface area contributed by atoms with Gasteiger partial charge in [-0.05, 0) is 85.9 Å². The van der Waals surface area contributed by atoms with Gasteiger partial charge >= 0.3 is 0 Å². The third kappa shape index (κ3) is 4.17. The molecule has 4 aromatic heterocycles. The fourth-order valence-corrected chi connectivity index (χ4v) is 8.06. The van der Waals surface area contributed by atoms with Crippen LogP contribution in [0.5, 0.6) is 0 Å². The third-order valence-corrected chi connectivity index (χ3v) is 10.3. The van der Waals surface area contributed by atoms with Gasteiger partial charge in [-0.3, -0.25) is 0 Å². The summed E-state index contributed by atoms with van der Waals surface area (Å²) in [4.78, 5) is 15.3. The largest absolute Gasteiger partial charge is 0.455 e. The van der Waals surface area contributed by atoms with Crippen LogP contribution in [-0.2, 0) is 0 Å². The molecule has 0 saturated heterocycles. The van der Waals surface area contributed by atoms with E-state index in [0.29, 0.717) is 5.65 Å². The van der Waals surface area contributed by atoms with Crippen LogP contribution in [0, 0.1) is 0 Å². The average Bonchev–Trinajstić information content (AvgIpc) is 3.58. The first-order chi connectivity index (χ1) is 25.3. The minimum Gasteiger partial charge on any atom is -0.455 e. The third-order valence-electron chi connectivity index (χ3n) is 10.3. The summed E-state index contributed by atoms with van der Waals surface area (Å²) in [6.07, 6.45) is 1.79. The molecule has 0 aliphatic rings. The topological polar surface area (TPSA) is 51.8 Å². The van der Waals surface area contributed by atoms with E-state index < -0.39 is 0 Å². The second-order valence-corrected chi connectivity index (χ2v) is 13.1. The second kappa shape index (κ2) is 10.8. The van der Waals surface area contributed by atoms with Crippen molar-refractivity contribution in [2.75, 3.05) is 0 Å². The molecule has 11 rings (SSSR count). The number of fused-ring (bicyclic) bond motifs is 10. The molecule has 0 aliphatic heterocycles. The number of pyridine rings is 3. The lowest BCUT2D eigenvalue weighted by Crippen LogP contribution is -1.96. The smallest absolute Gasteiger partial charge is 0.160 e. The highest BCUT2D eigenvalue weighted by atomic mass is 16.3. The van der Waals surface area contributed by atoms with Gasteiger partial charge < -0.3 is 4.42 Å². The van der Waals surface area contributed by atoms with E-state index in [-0.39, 0.29) is 0 Å². The van der Waals surface area contributed by atoms with Crippen LogP contribution in [0.3, 0.4) is 0 Å². The van der Waals surface area contributed by atoms with Crippen LogP contribution in [0.15, 0.2) is 168 Å². The molecule has 0 atom stereocenters. The van der Waals surface area contributed by atoms with Gasteiger partial charge in [-0.2, -0.15) is 0 Å². The van der Waals surface area contributed by atoms with Crippen molar-refractivity contribution in [2.45, 2.75) is 0 Å². The van der Waals surface area contributed by atoms with Crippen molar-refractivity contribution in [1.82, 2.24) is 15.0 Å². The van der Waals surface area contributed by atoms with Gasteiger partial charge in [0.2, 0.25) is 0 Å². The number of aromatic nitrogens is 3. The van der Waals surface area contributed by atoms with E-state index in [9.17, 15) is 0 Å². The second-order valence-electron chi connectivity index (χ2n) is 13.1. The predicted molar refractivity (Wildman–Crippen MR) is 211 cm³/mol. The number of hydrogen-bond donors (Lipinski definition) is 0. The van der Waals surface area contributed by atoms with Gasteiger partial charge in [0.15, 0.2) is 5.65 Å². The SMILES string of the molecule is c1cc(-c2c3ccccc3c(-c3ccc4ccccc4c3)c3ccccc23)nc(-c2nc3ncccc3c3c2ccc2c4ccccc4oc23)c1. The molecule has 7 aromatic carbocycles. The first-order valence-electron chi connectivity index (χ1n) is 17.2. The van der Waals surface area contributed by atoms with E-state index in [1.165, 1.54) is 32.7 Å². The maximum atomic E-state index is 6.55. The Kier molecular flexibility index (Phi) is 5.92. The zero-order valence-corrected chi connectivity index (χ0v) is 27.3. The molecular weight excluding hydrogens is 623 g/mol. The molecule has 0 N–H and O–H groups in total. The van der Waals surface area contributed by atoms with Crippen molar-refractivity contribution in [2.24, 2.45) is 0 Å². The summed E-state index contributed by atoms with van der Waals surface area (Å²) in [6.45, 7) is 0. The number of furan rings is 1. The van der Waals surface area contributed by atoms with Gasteiger partial charge in [-0.15, -0.1) is 0 Å². The Hall–Kier alpha value is -6.91. The fraction of sp³-hybridized carbons (Fsp3) is 0. The normalized spacial score (nSPS) is 11.9. The molecule has 0 bridgehead atoms. The van der Waals surface area contributed by atoms with Crippen molar-refractivity contribution in [1.29, 1.82) is 0 Å².